The molecule has 2 atom stereocenters. The first kappa shape index (κ1) is 17.5. The Bertz CT molecular complexity index is 490. The van der Waals surface area contributed by atoms with Gasteiger partial charge in [-0.2, -0.15) is 0 Å². The van der Waals surface area contributed by atoms with Crippen molar-refractivity contribution in [2.45, 2.75) is 63.9 Å². The summed E-state index contributed by atoms with van der Waals surface area (Å²) in [5.74, 6) is 0. The van der Waals surface area contributed by atoms with Gasteiger partial charge in [-0.25, -0.2) is 0 Å². The minimum atomic E-state index is -1.72. The van der Waals surface area contributed by atoms with Crippen molar-refractivity contribution in [3.63, 3.8) is 0 Å². The number of benzene rings is 1. The second-order valence-corrected chi connectivity index (χ2v) is 12.6. The van der Waals surface area contributed by atoms with Crippen LogP contribution in [0.4, 0.5) is 0 Å². The normalized spacial score (nSPS) is 23.9. The molecule has 0 aliphatic carbocycles. The first-order valence-electron chi connectivity index (χ1n) is 8.44. The molecule has 1 N–H and O–H groups in total. The molecule has 0 unspecified atom stereocenters. The second-order valence-electron chi connectivity index (χ2n) is 7.81. The summed E-state index contributed by atoms with van der Waals surface area (Å²) < 4.78 is 6.67. The number of rotatable bonds is 4. The van der Waals surface area contributed by atoms with E-state index in [4.69, 9.17) is 4.43 Å². The van der Waals surface area contributed by atoms with Crippen LogP contribution in [0.25, 0.3) is 6.08 Å². The van der Waals surface area contributed by atoms with Crippen LogP contribution in [0.5, 0.6) is 0 Å². The smallest absolute Gasteiger partial charge is 0.192 e. The summed E-state index contributed by atoms with van der Waals surface area (Å²) in [4.78, 5) is 0. The van der Waals surface area contributed by atoms with E-state index in [1.165, 1.54) is 12.0 Å². The highest BCUT2D eigenvalue weighted by molar-refractivity contribution is 6.74. The van der Waals surface area contributed by atoms with Crippen molar-refractivity contribution in [1.29, 1.82) is 0 Å². The van der Waals surface area contributed by atoms with Crippen LogP contribution in [0, 0.1) is 0 Å². The van der Waals surface area contributed by atoms with E-state index in [1.807, 2.05) is 0 Å². The van der Waals surface area contributed by atoms with E-state index in [0.29, 0.717) is 12.1 Å². The van der Waals surface area contributed by atoms with Gasteiger partial charge in [0.2, 0.25) is 0 Å². The molecule has 2 nitrogen and oxygen atoms in total. The molecule has 122 valence electrons. The van der Waals surface area contributed by atoms with Crippen LogP contribution < -0.4 is 5.32 Å². The molecule has 1 saturated heterocycles. The summed E-state index contributed by atoms with van der Waals surface area (Å²) in [5.41, 5.74) is 1.25. The molecule has 2 rings (SSSR count). The van der Waals surface area contributed by atoms with E-state index < -0.39 is 8.32 Å². The highest BCUT2D eigenvalue weighted by Crippen LogP contribution is 2.38. The van der Waals surface area contributed by atoms with Crippen LogP contribution in [0.2, 0.25) is 18.1 Å². The lowest BCUT2D eigenvalue weighted by Crippen LogP contribution is -2.52. The van der Waals surface area contributed by atoms with Gasteiger partial charge in [0.15, 0.2) is 8.32 Å². The summed E-state index contributed by atoms with van der Waals surface area (Å²) in [7, 11) is -1.72. The highest BCUT2D eigenvalue weighted by Gasteiger charge is 2.40. The Morgan fingerprint density at radius 1 is 1.18 bits per heavy atom. The molecule has 1 aromatic rings. The minimum absolute atomic E-state index is 0.262. The van der Waals surface area contributed by atoms with Crippen LogP contribution in [-0.2, 0) is 4.43 Å². The molecule has 1 aliphatic heterocycles. The third-order valence-electron chi connectivity index (χ3n) is 4.99. The third-order valence-corrected chi connectivity index (χ3v) is 9.50. The van der Waals surface area contributed by atoms with Crippen LogP contribution in [0.1, 0.15) is 39.2 Å². The summed E-state index contributed by atoms with van der Waals surface area (Å²) >= 11 is 0. The van der Waals surface area contributed by atoms with Crippen LogP contribution in [0.15, 0.2) is 36.4 Å². The van der Waals surface area contributed by atoms with Gasteiger partial charge in [0.05, 0.1) is 12.1 Å². The van der Waals surface area contributed by atoms with E-state index in [9.17, 15) is 0 Å². The molecule has 1 heterocycles. The zero-order valence-electron chi connectivity index (χ0n) is 14.7. The van der Waals surface area contributed by atoms with Crippen molar-refractivity contribution in [3.05, 3.63) is 42.0 Å². The minimum Gasteiger partial charge on any atom is -0.412 e. The molecule has 0 saturated carbocycles. The molecule has 0 amide bonds. The van der Waals surface area contributed by atoms with Gasteiger partial charge in [-0.3, -0.25) is 0 Å². The fourth-order valence-electron chi connectivity index (χ4n) is 2.54. The zero-order valence-corrected chi connectivity index (χ0v) is 15.7. The lowest BCUT2D eigenvalue weighted by atomic mass is 10.0. The average molecular weight is 318 g/mol. The maximum Gasteiger partial charge on any atom is 0.192 e. The number of hydrogen-bond donors (Lipinski definition) is 1. The Morgan fingerprint density at radius 2 is 1.86 bits per heavy atom. The number of piperidine rings is 1. The predicted molar refractivity (Wildman–Crippen MR) is 98.6 cm³/mol. The maximum atomic E-state index is 6.67. The van der Waals surface area contributed by atoms with E-state index in [1.54, 1.807) is 0 Å². The van der Waals surface area contributed by atoms with Gasteiger partial charge in [-0.05, 0) is 43.1 Å². The van der Waals surface area contributed by atoms with E-state index in [2.05, 4.69) is 81.7 Å². The molecule has 22 heavy (non-hydrogen) atoms. The third kappa shape index (κ3) is 4.54. The first-order chi connectivity index (χ1) is 10.3. The van der Waals surface area contributed by atoms with Crippen molar-refractivity contribution in [2.24, 2.45) is 0 Å². The molecular weight excluding hydrogens is 286 g/mol. The summed E-state index contributed by atoms with van der Waals surface area (Å²) in [6, 6.07) is 10.8. The monoisotopic (exact) mass is 317 g/mol. The summed E-state index contributed by atoms with van der Waals surface area (Å²) in [6.45, 7) is 12.7. The van der Waals surface area contributed by atoms with Gasteiger partial charge >= 0.3 is 0 Å². The molecule has 0 bridgehead atoms. The molecule has 1 aliphatic rings. The molecule has 1 aromatic carbocycles. The van der Waals surface area contributed by atoms with E-state index in [-0.39, 0.29) is 5.04 Å². The van der Waals surface area contributed by atoms with E-state index in [0.717, 1.165) is 13.0 Å². The summed E-state index contributed by atoms with van der Waals surface area (Å²) in [5, 5.41) is 3.89. The van der Waals surface area contributed by atoms with Gasteiger partial charge in [0.25, 0.3) is 0 Å². The Morgan fingerprint density at radius 3 is 2.50 bits per heavy atom. The zero-order chi connectivity index (χ0) is 16.2. The van der Waals surface area contributed by atoms with Gasteiger partial charge < -0.3 is 9.74 Å². The van der Waals surface area contributed by atoms with Crippen LogP contribution >= 0.6 is 0 Å². The van der Waals surface area contributed by atoms with Crippen molar-refractivity contribution >= 4 is 14.4 Å². The van der Waals surface area contributed by atoms with Crippen molar-refractivity contribution in [1.82, 2.24) is 5.32 Å². The van der Waals surface area contributed by atoms with Crippen LogP contribution in [0.3, 0.4) is 0 Å². The lowest BCUT2D eigenvalue weighted by molar-refractivity contribution is 0.123. The maximum absolute atomic E-state index is 6.67. The second kappa shape index (κ2) is 7.11. The van der Waals surface area contributed by atoms with Gasteiger partial charge in [-0.15, -0.1) is 0 Å². The fourth-order valence-corrected chi connectivity index (χ4v) is 3.92. The Balaban J connectivity index is 2.07. The fraction of sp³-hybridized carbons (Fsp3) is 0.579. The van der Waals surface area contributed by atoms with Crippen molar-refractivity contribution < 1.29 is 4.43 Å². The quantitative estimate of drug-likeness (QED) is 0.802. The average Bonchev–Trinajstić information content (AvgIpc) is 2.46. The largest absolute Gasteiger partial charge is 0.412 e. The Labute approximate surface area is 137 Å². The van der Waals surface area contributed by atoms with Gasteiger partial charge in [0, 0.05) is 0 Å². The van der Waals surface area contributed by atoms with Gasteiger partial charge in [-0.1, -0.05) is 63.3 Å². The Hall–Kier alpha value is -0.903. The number of nitrogens with one attached hydrogen (secondary N) is 1. The van der Waals surface area contributed by atoms with E-state index >= 15 is 0 Å². The SMILES string of the molecule is CC(C)(C)[Si](C)(C)O[C@@H]1CCCN[C@H]1/C=C/c1ccccc1. The molecule has 0 radical (unpaired) electrons. The molecule has 0 aromatic heterocycles. The molecule has 0 spiro atoms. The molecule has 3 heteroatoms. The van der Waals surface area contributed by atoms with Crippen molar-refractivity contribution in [3.8, 4) is 0 Å². The molecule has 1 fully saturated rings. The first-order valence-corrected chi connectivity index (χ1v) is 11.3. The standard InChI is InChI=1S/C19H31NOSi/c1-19(2,3)22(4,5)21-18-12-9-15-20-17(18)14-13-16-10-7-6-8-11-16/h6-8,10-11,13-14,17-18,20H,9,12,15H2,1-5H3/b14-13+/t17-,18+/m0/s1. The predicted octanol–water partition coefficient (Wildman–Crippen LogP) is 4.84. The molecular formula is C19H31NOSi. The topological polar surface area (TPSA) is 21.3 Å². The lowest BCUT2D eigenvalue weighted by Gasteiger charge is -2.42. The van der Waals surface area contributed by atoms with Crippen LogP contribution in [-0.4, -0.2) is 27.0 Å². The van der Waals surface area contributed by atoms with Crippen molar-refractivity contribution in [2.75, 3.05) is 6.54 Å². The summed E-state index contributed by atoms with van der Waals surface area (Å²) in [6.07, 6.45) is 7.16. The highest BCUT2D eigenvalue weighted by atomic mass is 28.4. The Kier molecular flexibility index (Phi) is 5.64. The van der Waals surface area contributed by atoms with Gasteiger partial charge in [0.1, 0.15) is 0 Å². The number of hydrogen-bond acceptors (Lipinski definition) is 2.